The summed E-state index contributed by atoms with van der Waals surface area (Å²) in [5.41, 5.74) is 0.178. The van der Waals surface area contributed by atoms with Crippen molar-refractivity contribution in [2.45, 2.75) is 75.4 Å². The minimum absolute atomic E-state index is 0.0111. The minimum Gasteiger partial charge on any atom is -0.455 e. The van der Waals surface area contributed by atoms with Crippen LogP contribution in [0.1, 0.15) is 55.3 Å². The molecule has 0 radical (unpaired) electrons. The van der Waals surface area contributed by atoms with E-state index in [1.807, 2.05) is 0 Å². The Morgan fingerprint density at radius 3 is 2.64 bits per heavy atom. The number of anilines is 2. The van der Waals surface area contributed by atoms with Gasteiger partial charge in [-0.25, -0.2) is 0 Å². The first kappa shape index (κ1) is 31.4. The lowest BCUT2D eigenvalue weighted by Gasteiger charge is -2.48. The summed E-state index contributed by atoms with van der Waals surface area (Å²) in [5, 5.41) is 9.18. The number of fused-ring (bicyclic) bond motifs is 1. The number of nitriles is 1. The Balaban J connectivity index is 1.38. The zero-order valence-electron chi connectivity index (χ0n) is 25.3. The van der Waals surface area contributed by atoms with Gasteiger partial charge in [0, 0.05) is 37.8 Å². The van der Waals surface area contributed by atoms with Gasteiger partial charge in [0.1, 0.15) is 11.4 Å². The number of halogens is 4. The fourth-order valence-corrected chi connectivity index (χ4v) is 7.76. The van der Waals surface area contributed by atoms with Crippen molar-refractivity contribution in [3.8, 4) is 12.1 Å². The molecule has 4 heterocycles. The Bertz CT molecular complexity index is 1510. The molecule has 1 aromatic carbocycles. The highest BCUT2D eigenvalue weighted by Crippen LogP contribution is 2.45. The van der Waals surface area contributed by atoms with E-state index >= 15 is 0 Å². The number of likely N-dealkylation sites (tertiary alicyclic amines) is 1. The van der Waals surface area contributed by atoms with Crippen LogP contribution in [0, 0.1) is 11.3 Å². The minimum atomic E-state index is -4.62. The number of nitrogens with zero attached hydrogens (tertiary/aromatic N) is 7. The fourth-order valence-electron chi connectivity index (χ4n) is 7.48. The summed E-state index contributed by atoms with van der Waals surface area (Å²) < 4.78 is 49.1. The molecule has 6 rings (SSSR count). The molecule has 1 unspecified atom stereocenters. The molecule has 1 aliphatic carbocycles. The van der Waals surface area contributed by atoms with Gasteiger partial charge in [0.2, 0.25) is 5.91 Å². The monoisotopic (exact) mass is 643 g/mol. The normalized spacial score (nSPS) is 23.2. The van der Waals surface area contributed by atoms with E-state index in [9.17, 15) is 23.2 Å². The third-order valence-corrected chi connectivity index (χ3v) is 10.1. The summed E-state index contributed by atoms with van der Waals surface area (Å²) in [4.78, 5) is 30.1. The zero-order chi connectivity index (χ0) is 31.9. The van der Waals surface area contributed by atoms with Crippen LogP contribution in [0.5, 0.6) is 6.01 Å². The molecule has 1 aromatic heterocycles. The van der Waals surface area contributed by atoms with Crippen molar-refractivity contribution in [1.82, 2.24) is 19.8 Å². The number of hydrogen-bond donors (Lipinski definition) is 0. The van der Waals surface area contributed by atoms with Crippen LogP contribution in [0.2, 0.25) is 5.02 Å². The summed E-state index contributed by atoms with van der Waals surface area (Å²) in [6, 6.07) is 6.51. The molecule has 45 heavy (non-hydrogen) atoms. The Hall–Kier alpha value is -3.56. The molecule has 2 atom stereocenters. The van der Waals surface area contributed by atoms with E-state index in [-0.39, 0.29) is 47.7 Å². The molecule has 0 bridgehead atoms. The second-order valence-electron chi connectivity index (χ2n) is 12.4. The first-order valence-electron chi connectivity index (χ1n) is 15.5. The SMILES string of the molecule is C=CC(=O)N1CCN(c2nc(OC3(C4CCCN4C)CCC3)nc3c2CCN(c2cccc(Cl)c2C(F)(F)F)C3)C[C@@H]1CC#N. The smallest absolute Gasteiger partial charge is 0.419 e. The number of alkyl halides is 3. The molecule has 3 aliphatic heterocycles. The average molecular weight is 644 g/mol. The molecule has 0 N–H and O–H groups in total. The highest BCUT2D eigenvalue weighted by molar-refractivity contribution is 6.31. The van der Waals surface area contributed by atoms with E-state index in [2.05, 4.69) is 29.5 Å². The standard InChI is InChI=1S/C32H37ClF3N7O2/c1-3-27(44)43-18-17-42(19-21(43)10-14-37)29-22-11-16-41(25-8-4-7-23(33)28(25)32(34,35)36)20-24(22)38-30(39-29)45-31(12-6-13-31)26-9-5-15-40(26)2/h3-4,7-8,21,26H,1,5-6,9-13,15-20H2,2H3/t21-,26?/m0/s1. The predicted octanol–water partition coefficient (Wildman–Crippen LogP) is 5.22. The van der Waals surface area contributed by atoms with Gasteiger partial charge in [0.05, 0.1) is 47.0 Å². The van der Waals surface area contributed by atoms with Crippen LogP contribution in [0.4, 0.5) is 24.7 Å². The molecule has 3 fully saturated rings. The van der Waals surface area contributed by atoms with E-state index in [0.717, 1.165) is 44.2 Å². The number of piperazine rings is 1. The number of benzene rings is 1. The third kappa shape index (κ3) is 5.92. The van der Waals surface area contributed by atoms with Crippen LogP contribution in [0.25, 0.3) is 0 Å². The second-order valence-corrected chi connectivity index (χ2v) is 12.8. The molecule has 0 spiro atoms. The Labute approximate surface area is 266 Å². The molecule has 2 saturated heterocycles. The Morgan fingerprint density at radius 1 is 1.20 bits per heavy atom. The molecule has 1 saturated carbocycles. The summed E-state index contributed by atoms with van der Waals surface area (Å²) in [6.07, 6.45) is 2.10. The van der Waals surface area contributed by atoms with Gasteiger partial charge < -0.3 is 19.4 Å². The topological polar surface area (TPSA) is 88.8 Å². The van der Waals surface area contributed by atoms with Crippen LogP contribution >= 0.6 is 11.6 Å². The van der Waals surface area contributed by atoms with Gasteiger partial charge in [-0.2, -0.15) is 28.4 Å². The van der Waals surface area contributed by atoms with E-state index in [4.69, 9.17) is 26.3 Å². The average Bonchev–Trinajstić information content (AvgIpc) is 3.43. The van der Waals surface area contributed by atoms with E-state index in [0.29, 0.717) is 44.1 Å². The summed E-state index contributed by atoms with van der Waals surface area (Å²) in [6.45, 7) is 6.26. The maximum Gasteiger partial charge on any atom is 0.419 e. The lowest BCUT2D eigenvalue weighted by Crippen LogP contribution is -2.57. The number of carbonyl (C=O) groups excluding carboxylic acids is 1. The highest BCUT2D eigenvalue weighted by atomic mass is 35.5. The number of rotatable bonds is 7. The fraction of sp³-hybridized carbons (Fsp3) is 0.562. The van der Waals surface area contributed by atoms with Crippen molar-refractivity contribution in [3.63, 3.8) is 0 Å². The highest BCUT2D eigenvalue weighted by Gasteiger charge is 2.50. The molecule has 13 heteroatoms. The zero-order valence-corrected chi connectivity index (χ0v) is 26.1. The van der Waals surface area contributed by atoms with Gasteiger partial charge in [-0.15, -0.1) is 0 Å². The maximum absolute atomic E-state index is 14.1. The number of ether oxygens (including phenoxy) is 1. The predicted molar refractivity (Wildman–Crippen MR) is 164 cm³/mol. The van der Waals surface area contributed by atoms with Crippen molar-refractivity contribution in [2.75, 3.05) is 49.6 Å². The van der Waals surface area contributed by atoms with Crippen molar-refractivity contribution in [2.24, 2.45) is 0 Å². The number of hydrogen-bond acceptors (Lipinski definition) is 8. The van der Waals surface area contributed by atoms with Crippen LogP contribution in [0.3, 0.4) is 0 Å². The van der Waals surface area contributed by atoms with Crippen molar-refractivity contribution in [1.29, 1.82) is 5.26 Å². The van der Waals surface area contributed by atoms with Crippen LogP contribution in [0.15, 0.2) is 30.9 Å². The largest absolute Gasteiger partial charge is 0.455 e. The van der Waals surface area contributed by atoms with Gasteiger partial charge in [-0.3, -0.25) is 9.69 Å². The van der Waals surface area contributed by atoms with Crippen LogP contribution in [-0.4, -0.2) is 83.1 Å². The van der Waals surface area contributed by atoms with Crippen molar-refractivity contribution in [3.05, 3.63) is 52.7 Å². The molecule has 240 valence electrons. The van der Waals surface area contributed by atoms with Gasteiger partial charge in [0.15, 0.2) is 0 Å². The first-order chi connectivity index (χ1) is 21.5. The molecule has 4 aliphatic rings. The number of amides is 1. The van der Waals surface area contributed by atoms with E-state index < -0.39 is 17.3 Å². The summed E-state index contributed by atoms with van der Waals surface area (Å²) >= 11 is 6.08. The van der Waals surface area contributed by atoms with Crippen LogP contribution in [-0.2, 0) is 23.9 Å². The molecular formula is C32H37ClF3N7O2. The molecule has 2 aromatic rings. The van der Waals surface area contributed by atoms with Gasteiger partial charge in [-0.1, -0.05) is 24.2 Å². The van der Waals surface area contributed by atoms with Gasteiger partial charge in [-0.05, 0) is 70.3 Å². The Kier molecular flexibility index (Phi) is 8.61. The molecule has 9 nitrogen and oxygen atoms in total. The summed E-state index contributed by atoms with van der Waals surface area (Å²) in [5.74, 6) is 0.425. The van der Waals surface area contributed by atoms with Crippen molar-refractivity contribution < 1.29 is 22.7 Å². The van der Waals surface area contributed by atoms with Gasteiger partial charge in [0.25, 0.3) is 0 Å². The molecular weight excluding hydrogens is 607 g/mol. The van der Waals surface area contributed by atoms with Gasteiger partial charge >= 0.3 is 12.2 Å². The third-order valence-electron chi connectivity index (χ3n) is 9.83. The van der Waals surface area contributed by atoms with Crippen molar-refractivity contribution >= 4 is 29.0 Å². The lowest BCUT2D eigenvalue weighted by molar-refractivity contribution is -0.137. The quantitative estimate of drug-likeness (QED) is 0.380. The number of likely N-dealkylation sites (N-methyl/N-ethyl adjacent to an activating group) is 1. The maximum atomic E-state index is 14.1. The molecule has 1 amide bonds. The summed E-state index contributed by atoms with van der Waals surface area (Å²) in [7, 11) is 2.11. The first-order valence-corrected chi connectivity index (χ1v) is 15.9. The number of aromatic nitrogens is 2. The van der Waals surface area contributed by atoms with E-state index in [1.165, 1.54) is 24.3 Å². The Morgan fingerprint density at radius 2 is 2.00 bits per heavy atom. The van der Waals surface area contributed by atoms with E-state index in [1.54, 1.807) is 9.80 Å². The lowest BCUT2D eigenvalue weighted by atomic mass is 9.73. The van der Waals surface area contributed by atoms with Crippen LogP contribution < -0.4 is 14.5 Å². The second kappa shape index (κ2) is 12.3. The number of carbonyl (C=O) groups is 1.